The van der Waals surface area contributed by atoms with Gasteiger partial charge in [0, 0.05) is 24.3 Å². The number of nitrogens with one attached hydrogen (secondary N) is 2. The van der Waals surface area contributed by atoms with Crippen molar-refractivity contribution in [3.05, 3.63) is 54.9 Å². The molecule has 0 aliphatic heterocycles. The van der Waals surface area contributed by atoms with Gasteiger partial charge in [0.25, 0.3) is 0 Å². The molecular formula is C20H23N5O2. The summed E-state index contributed by atoms with van der Waals surface area (Å²) in [5, 5.41) is 5.69. The molecule has 0 spiro atoms. The Hall–Kier alpha value is -3.19. The Labute approximate surface area is 158 Å². The zero-order valence-corrected chi connectivity index (χ0v) is 15.5. The number of rotatable bonds is 7. The van der Waals surface area contributed by atoms with Crippen molar-refractivity contribution in [1.29, 1.82) is 0 Å². The Morgan fingerprint density at radius 3 is 2.44 bits per heavy atom. The summed E-state index contributed by atoms with van der Waals surface area (Å²) in [5.74, 6) is -0.194. The molecule has 1 aromatic heterocycles. The number of para-hydroxylation sites is 2. The second kappa shape index (κ2) is 8.46. The molecule has 2 aromatic carbocycles. The van der Waals surface area contributed by atoms with Crippen LogP contribution in [0.15, 0.2) is 54.9 Å². The highest BCUT2D eigenvalue weighted by Gasteiger charge is 2.08. The molecule has 0 unspecified atom stereocenters. The van der Waals surface area contributed by atoms with Gasteiger partial charge in [-0.05, 0) is 44.4 Å². The van der Waals surface area contributed by atoms with Crippen molar-refractivity contribution in [2.45, 2.75) is 13.0 Å². The zero-order valence-electron chi connectivity index (χ0n) is 15.5. The molecule has 3 aromatic rings. The highest BCUT2D eigenvalue weighted by molar-refractivity contribution is 5.94. The third-order valence-electron chi connectivity index (χ3n) is 4.00. The van der Waals surface area contributed by atoms with Crippen molar-refractivity contribution in [3.8, 4) is 0 Å². The van der Waals surface area contributed by atoms with E-state index < -0.39 is 0 Å². The summed E-state index contributed by atoms with van der Waals surface area (Å²) in [6, 6.07) is 15.0. The smallest absolute Gasteiger partial charge is 0.238 e. The van der Waals surface area contributed by atoms with Crippen molar-refractivity contribution < 1.29 is 9.59 Å². The summed E-state index contributed by atoms with van der Waals surface area (Å²) in [6.07, 6.45) is 2.08. The number of aromatic nitrogens is 2. The average Bonchev–Trinajstić information content (AvgIpc) is 3.03. The molecule has 3 rings (SSSR count). The van der Waals surface area contributed by atoms with Crippen LogP contribution >= 0.6 is 0 Å². The average molecular weight is 365 g/mol. The second-order valence-corrected chi connectivity index (χ2v) is 6.59. The fraction of sp³-hybridized carbons (Fsp3) is 0.250. The number of nitrogens with zero attached hydrogens (tertiary/aromatic N) is 3. The van der Waals surface area contributed by atoms with Crippen molar-refractivity contribution in [3.63, 3.8) is 0 Å². The molecule has 7 heteroatoms. The van der Waals surface area contributed by atoms with Gasteiger partial charge >= 0.3 is 0 Å². The van der Waals surface area contributed by atoms with E-state index in [2.05, 4.69) is 15.6 Å². The maximum Gasteiger partial charge on any atom is 0.238 e. The van der Waals surface area contributed by atoms with E-state index in [9.17, 15) is 9.59 Å². The molecule has 0 fully saturated rings. The standard InChI is InChI=1S/C20H23N5O2/c1-24(2)13-20(27)23-16-7-5-6-15(12-16)22-19(26)10-11-25-14-21-17-8-3-4-9-18(17)25/h3-9,12,14H,10-11,13H2,1-2H3,(H,22,26)(H,23,27). The SMILES string of the molecule is CN(C)CC(=O)Nc1cccc(NC(=O)CCn2cnc3ccccc32)c1. The summed E-state index contributed by atoms with van der Waals surface area (Å²) in [4.78, 5) is 30.3. The van der Waals surface area contributed by atoms with Crippen molar-refractivity contribution in [1.82, 2.24) is 14.5 Å². The maximum atomic E-state index is 12.3. The number of amides is 2. The Bertz CT molecular complexity index is 948. The summed E-state index contributed by atoms with van der Waals surface area (Å²) in [5.41, 5.74) is 3.23. The number of likely N-dealkylation sites (N-methyl/N-ethyl adjacent to an activating group) is 1. The van der Waals surface area contributed by atoms with Gasteiger partial charge in [-0.2, -0.15) is 0 Å². The van der Waals surface area contributed by atoms with Crippen LogP contribution in [0.1, 0.15) is 6.42 Å². The summed E-state index contributed by atoms with van der Waals surface area (Å²) < 4.78 is 1.97. The lowest BCUT2D eigenvalue weighted by molar-refractivity contribution is -0.117. The lowest BCUT2D eigenvalue weighted by Gasteiger charge is -2.11. The van der Waals surface area contributed by atoms with E-state index in [0.717, 1.165) is 11.0 Å². The van der Waals surface area contributed by atoms with Crippen molar-refractivity contribution >= 4 is 34.2 Å². The third kappa shape index (κ3) is 5.15. The van der Waals surface area contributed by atoms with Crippen LogP contribution in [-0.2, 0) is 16.1 Å². The summed E-state index contributed by atoms with van der Waals surface area (Å²) >= 11 is 0. The molecule has 0 aliphatic rings. The number of benzene rings is 2. The van der Waals surface area contributed by atoms with Gasteiger partial charge in [0.05, 0.1) is 23.9 Å². The third-order valence-corrected chi connectivity index (χ3v) is 4.00. The minimum atomic E-state index is -0.101. The highest BCUT2D eigenvalue weighted by atomic mass is 16.2. The fourth-order valence-electron chi connectivity index (χ4n) is 2.80. The van der Waals surface area contributed by atoms with Gasteiger partial charge in [0.1, 0.15) is 0 Å². The van der Waals surface area contributed by atoms with Crippen LogP contribution in [0.2, 0.25) is 0 Å². The molecule has 0 atom stereocenters. The predicted molar refractivity (Wildman–Crippen MR) is 107 cm³/mol. The maximum absolute atomic E-state index is 12.3. The Morgan fingerprint density at radius 2 is 1.70 bits per heavy atom. The molecule has 1 heterocycles. The summed E-state index contributed by atoms with van der Waals surface area (Å²) in [6.45, 7) is 0.848. The quantitative estimate of drug-likeness (QED) is 0.674. The number of carbonyl (C=O) groups is 2. The van der Waals surface area contributed by atoms with Crippen molar-refractivity contribution in [2.24, 2.45) is 0 Å². The van der Waals surface area contributed by atoms with Gasteiger partial charge in [-0.3, -0.25) is 9.59 Å². The number of aryl methyl sites for hydroxylation is 1. The van der Waals surface area contributed by atoms with Crippen LogP contribution in [-0.4, -0.2) is 46.9 Å². The molecule has 27 heavy (non-hydrogen) atoms. The normalized spacial score (nSPS) is 10.9. The largest absolute Gasteiger partial charge is 0.330 e. The number of hydrogen-bond donors (Lipinski definition) is 2. The van der Waals surface area contributed by atoms with Crippen molar-refractivity contribution in [2.75, 3.05) is 31.3 Å². The van der Waals surface area contributed by atoms with E-state index in [1.54, 1.807) is 35.5 Å². The van der Waals surface area contributed by atoms with Gasteiger partial charge in [-0.15, -0.1) is 0 Å². The molecule has 0 saturated carbocycles. The van der Waals surface area contributed by atoms with Crippen LogP contribution in [0.25, 0.3) is 11.0 Å². The molecule has 0 saturated heterocycles. The van der Waals surface area contributed by atoms with E-state index in [1.807, 2.05) is 42.9 Å². The Morgan fingerprint density at radius 1 is 1.00 bits per heavy atom. The van der Waals surface area contributed by atoms with Gasteiger partial charge in [-0.1, -0.05) is 18.2 Å². The predicted octanol–water partition coefficient (Wildman–Crippen LogP) is 2.57. The first-order valence-electron chi connectivity index (χ1n) is 8.75. The van der Waals surface area contributed by atoms with E-state index in [-0.39, 0.29) is 11.8 Å². The molecular weight excluding hydrogens is 342 g/mol. The number of fused-ring (bicyclic) bond motifs is 1. The molecule has 7 nitrogen and oxygen atoms in total. The number of anilines is 2. The zero-order chi connectivity index (χ0) is 19.2. The molecule has 0 bridgehead atoms. The first-order chi connectivity index (χ1) is 13.0. The summed E-state index contributed by atoms with van der Waals surface area (Å²) in [7, 11) is 3.67. The molecule has 0 radical (unpaired) electrons. The van der Waals surface area contributed by atoms with Crippen LogP contribution in [0, 0.1) is 0 Å². The molecule has 2 amide bonds. The fourth-order valence-corrected chi connectivity index (χ4v) is 2.80. The monoisotopic (exact) mass is 365 g/mol. The first kappa shape index (κ1) is 18.6. The number of imidazole rings is 1. The second-order valence-electron chi connectivity index (χ2n) is 6.59. The van der Waals surface area contributed by atoms with Crippen LogP contribution in [0.5, 0.6) is 0 Å². The van der Waals surface area contributed by atoms with Crippen LogP contribution in [0.3, 0.4) is 0 Å². The van der Waals surface area contributed by atoms with E-state index in [0.29, 0.717) is 30.9 Å². The molecule has 140 valence electrons. The molecule has 2 N–H and O–H groups in total. The van der Waals surface area contributed by atoms with Crippen LogP contribution in [0.4, 0.5) is 11.4 Å². The molecule has 0 aliphatic carbocycles. The van der Waals surface area contributed by atoms with Crippen LogP contribution < -0.4 is 10.6 Å². The Balaban J connectivity index is 1.56. The minimum absolute atomic E-state index is 0.0930. The lowest BCUT2D eigenvalue weighted by atomic mass is 10.2. The lowest BCUT2D eigenvalue weighted by Crippen LogP contribution is -2.27. The van der Waals surface area contributed by atoms with Gasteiger partial charge < -0.3 is 20.1 Å². The van der Waals surface area contributed by atoms with Gasteiger partial charge in [-0.25, -0.2) is 4.98 Å². The van der Waals surface area contributed by atoms with E-state index in [1.165, 1.54) is 0 Å². The van der Waals surface area contributed by atoms with E-state index in [4.69, 9.17) is 0 Å². The topological polar surface area (TPSA) is 79.3 Å². The van der Waals surface area contributed by atoms with Gasteiger partial charge in [0.15, 0.2) is 0 Å². The minimum Gasteiger partial charge on any atom is -0.330 e. The Kier molecular flexibility index (Phi) is 5.83. The number of hydrogen-bond acceptors (Lipinski definition) is 4. The number of carbonyl (C=O) groups excluding carboxylic acids is 2. The highest BCUT2D eigenvalue weighted by Crippen LogP contribution is 2.16. The first-order valence-corrected chi connectivity index (χ1v) is 8.75. The van der Waals surface area contributed by atoms with Gasteiger partial charge in [0.2, 0.25) is 11.8 Å². The van der Waals surface area contributed by atoms with E-state index >= 15 is 0 Å².